The number of aliphatic hydroxyl groups excluding tert-OH is 1. The molecule has 168 valence electrons. The van der Waals surface area contributed by atoms with Gasteiger partial charge in [-0.2, -0.15) is 20.2 Å². The van der Waals surface area contributed by atoms with E-state index in [1.807, 2.05) is 32.9 Å². The number of nitrogens with one attached hydrogen (secondary N) is 2. The average molecular weight is 467 g/mol. The van der Waals surface area contributed by atoms with E-state index in [-0.39, 0.29) is 30.5 Å². The molecule has 2 rings (SSSR count). The summed E-state index contributed by atoms with van der Waals surface area (Å²) >= 11 is 6.14. The fourth-order valence-electron chi connectivity index (χ4n) is 3.04. The highest BCUT2D eigenvalue weighted by atomic mass is 35.5. The van der Waals surface area contributed by atoms with Crippen LogP contribution in [-0.2, 0) is 16.4 Å². The van der Waals surface area contributed by atoms with E-state index in [9.17, 15) is 13.5 Å². The first-order chi connectivity index (χ1) is 14.5. The van der Waals surface area contributed by atoms with Crippen molar-refractivity contribution in [1.29, 1.82) is 5.26 Å². The third kappa shape index (κ3) is 7.94. The summed E-state index contributed by atoms with van der Waals surface area (Å²) in [5, 5.41) is 22.1. The standard InChI is InChI=1S/C20H27ClN6O3S/c1-12(2)7-16(11-28)23-19-24-18(25-20(26-19)27-31(4,29)30)8-13(3)14-5-6-15(10-22)17(21)9-14/h5-6,9,12-13,16,28H,7-8,11H2,1-4H3,(H2,23,24,25,26,27)/t13?,16-/m1/s1. The van der Waals surface area contributed by atoms with Gasteiger partial charge < -0.3 is 10.4 Å². The number of rotatable bonds is 10. The van der Waals surface area contributed by atoms with Crippen LogP contribution in [0.25, 0.3) is 0 Å². The maximum absolute atomic E-state index is 11.7. The Balaban J connectivity index is 2.32. The molecule has 3 N–H and O–H groups in total. The second-order valence-corrected chi connectivity index (χ2v) is 10.0. The van der Waals surface area contributed by atoms with Gasteiger partial charge >= 0.3 is 0 Å². The zero-order valence-corrected chi connectivity index (χ0v) is 19.5. The predicted octanol–water partition coefficient (Wildman–Crippen LogP) is 2.93. The van der Waals surface area contributed by atoms with Gasteiger partial charge in [0.15, 0.2) is 0 Å². The first-order valence-electron chi connectivity index (χ1n) is 9.80. The molecule has 1 aromatic carbocycles. The van der Waals surface area contributed by atoms with Crippen molar-refractivity contribution in [3.8, 4) is 6.07 Å². The van der Waals surface area contributed by atoms with Crippen molar-refractivity contribution in [2.45, 2.75) is 45.6 Å². The summed E-state index contributed by atoms with van der Waals surface area (Å²) < 4.78 is 25.6. The van der Waals surface area contributed by atoms with Gasteiger partial charge in [0.05, 0.1) is 29.5 Å². The predicted molar refractivity (Wildman–Crippen MR) is 121 cm³/mol. The van der Waals surface area contributed by atoms with Gasteiger partial charge in [-0.3, -0.25) is 4.72 Å². The van der Waals surface area contributed by atoms with Gasteiger partial charge in [0.2, 0.25) is 21.9 Å². The van der Waals surface area contributed by atoms with Crippen LogP contribution in [0.1, 0.15) is 50.1 Å². The van der Waals surface area contributed by atoms with E-state index in [0.717, 1.165) is 11.8 Å². The molecule has 9 nitrogen and oxygen atoms in total. The summed E-state index contributed by atoms with van der Waals surface area (Å²) in [6.45, 7) is 5.90. The molecule has 0 bridgehead atoms. The van der Waals surface area contributed by atoms with Gasteiger partial charge in [0.1, 0.15) is 11.9 Å². The molecule has 0 radical (unpaired) electrons. The summed E-state index contributed by atoms with van der Waals surface area (Å²) in [4.78, 5) is 12.8. The quantitative estimate of drug-likeness (QED) is 0.485. The summed E-state index contributed by atoms with van der Waals surface area (Å²) in [5.74, 6) is 0.733. The Morgan fingerprint density at radius 2 is 1.87 bits per heavy atom. The SMILES string of the molecule is CC(C)C[C@H](CO)Nc1nc(CC(C)c2ccc(C#N)c(Cl)c2)nc(NS(C)(=O)=O)n1. The molecule has 2 aromatic rings. The van der Waals surface area contributed by atoms with Crippen LogP contribution in [0.5, 0.6) is 0 Å². The Morgan fingerprint density at radius 1 is 1.19 bits per heavy atom. The van der Waals surface area contributed by atoms with Crippen LogP contribution < -0.4 is 10.0 Å². The first kappa shape index (κ1) is 24.8. The highest BCUT2D eigenvalue weighted by molar-refractivity contribution is 7.91. The van der Waals surface area contributed by atoms with Crippen LogP contribution in [0.2, 0.25) is 5.02 Å². The van der Waals surface area contributed by atoms with Crippen LogP contribution in [-0.4, -0.2) is 47.4 Å². The number of sulfonamides is 1. The lowest BCUT2D eigenvalue weighted by atomic mass is 9.96. The van der Waals surface area contributed by atoms with Crippen molar-refractivity contribution >= 4 is 33.5 Å². The summed E-state index contributed by atoms with van der Waals surface area (Å²) in [6, 6.07) is 6.94. The molecule has 0 aliphatic heterocycles. The number of nitriles is 1. The maximum atomic E-state index is 11.7. The Kier molecular flexibility index (Phi) is 8.56. The van der Waals surface area contributed by atoms with E-state index in [1.165, 1.54) is 0 Å². The van der Waals surface area contributed by atoms with Crippen LogP contribution in [0.15, 0.2) is 18.2 Å². The fraction of sp³-hybridized carbons (Fsp3) is 0.500. The van der Waals surface area contributed by atoms with E-state index in [0.29, 0.717) is 35.2 Å². The molecule has 0 fully saturated rings. The van der Waals surface area contributed by atoms with E-state index in [2.05, 4.69) is 25.0 Å². The van der Waals surface area contributed by atoms with E-state index in [4.69, 9.17) is 16.9 Å². The zero-order valence-electron chi connectivity index (χ0n) is 17.9. The zero-order chi connectivity index (χ0) is 23.2. The fourth-order valence-corrected chi connectivity index (χ4v) is 3.69. The minimum absolute atomic E-state index is 0.0594. The molecular weight excluding hydrogens is 440 g/mol. The Morgan fingerprint density at radius 3 is 2.42 bits per heavy atom. The maximum Gasteiger partial charge on any atom is 0.241 e. The van der Waals surface area contributed by atoms with Crippen LogP contribution in [0.3, 0.4) is 0 Å². The van der Waals surface area contributed by atoms with E-state index >= 15 is 0 Å². The number of benzene rings is 1. The van der Waals surface area contributed by atoms with Gasteiger partial charge in [0, 0.05) is 6.42 Å². The minimum Gasteiger partial charge on any atom is -0.394 e. The summed E-state index contributed by atoms with van der Waals surface area (Å²) in [7, 11) is -3.59. The summed E-state index contributed by atoms with van der Waals surface area (Å²) in [5.41, 5.74) is 1.29. The van der Waals surface area contributed by atoms with Crippen molar-refractivity contribution in [1.82, 2.24) is 15.0 Å². The van der Waals surface area contributed by atoms with Gasteiger partial charge in [0.25, 0.3) is 0 Å². The molecule has 1 unspecified atom stereocenters. The molecule has 0 amide bonds. The number of hydrogen-bond acceptors (Lipinski definition) is 8. The third-order valence-corrected chi connectivity index (χ3v) is 5.31. The first-order valence-corrected chi connectivity index (χ1v) is 12.1. The van der Waals surface area contributed by atoms with Crippen LogP contribution in [0, 0.1) is 17.2 Å². The van der Waals surface area contributed by atoms with Gasteiger partial charge in [-0.05, 0) is 36.0 Å². The molecule has 1 aromatic heterocycles. The molecule has 2 atom stereocenters. The Hall–Kier alpha value is -2.48. The third-order valence-electron chi connectivity index (χ3n) is 4.44. The molecule has 0 aliphatic carbocycles. The largest absolute Gasteiger partial charge is 0.394 e. The minimum atomic E-state index is -3.59. The van der Waals surface area contributed by atoms with E-state index < -0.39 is 10.0 Å². The van der Waals surface area contributed by atoms with Crippen molar-refractivity contribution in [3.05, 3.63) is 40.2 Å². The topological polar surface area (TPSA) is 141 Å². The lowest BCUT2D eigenvalue weighted by Gasteiger charge is -2.19. The monoisotopic (exact) mass is 466 g/mol. The number of anilines is 2. The van der Waals surface area contributed by atoms with E-state index in [1.54, 1.807) is 12.1 Å². The van der Waals surface area contributed by atoms with Crippen LogP contribution >= 0.6 is 11.6 Å². The molecule has 0 spiro atoms. The summed E-state index contributed by atoms with van der Waals surface area (Å²) in [6.07, 6.45) is 2.08. The molecule has 1 heterocycles. The smallest absolute Gasteiger partial charge is 0.241 e. The normalized spacial score (nSPS) is 13.5. The van der Waals surface area contributed by atoms with Crippen molar-refractivity contribution in [2.75, 3.05) is 22.9 Å². The Bertz CT molecular complexity index is 1060. The van der Waals surface area contributed by atoms with Gasteiger partial charge in [-0.25, -0.2) is 8.42 Å². The molecule has 11 heteroatoms. The van der Waals surface area contributed by atoms with Crippen molar-refractivity contribution in [3.63, 3.8) is 0 Å². The highest BCUT2D eigenvalue weighted by Crippen LogP contribution is 2.25. The second kappa shape index (κ2) is 10.7. The molecular formula is C20H27ClN6O3S. The van der Waals surface area contributed by atoms with Gasteiger partial charge in [-0.15, -0.1) is 0 Å². The average Bonchev–Trinajstić information content (AvgIpc) is 2.65. The van der Waals surface area contributed by atoms with Crippen LogP contribution in [0.4, 0.5) is 11.9 Å². The molecule has 0 saturated heterocycles. The molecule has 0 saturated carbocycles. The number of aliphatic hydroxyl groups is 1. The highest BCUT2D eigenvalue weighted by Gasteiger charge is 2.17. The number of aromatic nitrogens is 3. The van der Waals surface area contributed by atoms with Gasteiger partial charge in [-0.1, -0.05) is 38.4 Å². The lowest BCUT2D eigenvalue weighted by molar-refractivity contribution is 0.259. The molecule has 31 heavy (non-hydrogen) atoms. The van der Waals surface area contributed by atoms with Crippen molar-refractivity contribution in [2.24, 2.45) is 5.92 Å². The second-order valence-electron chi connectivity index (χ2n) is 7.88. The molecule has 0 aliphatic rings. The number of nitrogens with zero attached hydrogens (tertiary/aromatic N) is 4. The van der Waals surface area contributed by atoms with Crippen molar-refractivity contribution < 1.29 is 13.5 Å². The lowest BCUT2D eigenvalue weighted by Crippen LogP contribution is -2.27. The number of hydrogen-bond donors (Lipinski definition) is 3. The Labute approximate surface area is 188 Å². The number of halogens is 1.